The second-order valence-electron chi connectivity index (χ2n) is 8.86. The van der Waals surface area contributed by atoms with Crippen LogP contribution in [0.15, 0.2) is 35.1 Å². The van der Waals surface area contributed by atoms with E-state index in [-0.39, 0.29) is 28.3 Å². The number of nitrogens with two attached hydrogens (primary N) is 1. The molecular weight excluding hydrogens is 422 g/mol. The van der Waals surface area contributed by atoms with Crippen LogP contribution in [0.2, 0.25) is 0 Å². The normalized spacial score (nSPS) is 18.2. The van der Waals surface area contributed by atoms with Crippen molar-refractivity contribution >= 4 is 21.6 Å². The van der Waals surface area contributed by atoms with Gasteiger partial charge in [0.05, 0.1) is 10.2 Å². The Kier molecular flexibility index (Phi) is 7.50. The Morgan fingerprint density at radius 3 is 2.81 bits per heavy atom. The fourth-order valence-electron chi connectivity index (χ4n) is 4.84. The number of hydrogen-bond donors (Lipinski definition) is 5. The van der Waals surface area contributed by atoms with Crippen LogP contribution in [0.1, 0.15) is 61.1 Å². The number of phenolic OH excluding ortho intramolecular Hbond substituents is 2. The molecule has 0 radical (unpaired) electrons. The number of aromatic amines is 1. The van der Waals surface area contributed by atoms with E-state index in [9.17, 15) is 15.0 Å². The fraction of sp³-hybridized carbons (Fsp3) is 0.480. The van der Waals surface area contributed by atoms with Crippen LogP contribution in [0.3, 0.4) is 0 Å². The summed E-state index contributed by atoms with van der Waals surface area (Å²) in [5, 5.41) is 23.5. The molecular formula is C25H33N3O3S. The van der Waals surface area contributed by atoms with E-state index in [1.807, 2.05) is 12.1 Å². The highest BCUT2D eigenvalue weighted by molar-refractivity contribution is 7.16. The Balaban J connectivity index is 1.12. The van der Waals surface area contributed by atoms with Crippen LogP contribution >= 0.6 is 11.3 Å². The number of fused-ring (bicyclic) bond motifs is 2. The number of phenols is 2. The predicted molar refractivity (Wildman–Crippen MR) is 131 cm³/mol. The second kappa shape index (κ2) is 10.5. The van der Waals surface area contributed by atoms with Gasteiger partial charge in [0.2, 0.25) is 0 Å². The van der Waals surface area contributed by atoms with Gasteiger partial charge in [-0.15, -0.1) is 0 Å². The molecule has 1 aliphatic rings. The van der Waals surface area contributed by atoms with Gasteiger partial charge in [0, 0.05) is 11.6 Å². The maximum Gasteiger partial charge on any atom is 0.305 e. The maximum atomic E-state index is 11.4. The average Bonchev–Trinajstić information content (AvgIpc) is 3.15. The van der Waals surface area contributed by atoms with Crippen molar-refractivity contribution in [3.05, 3.63) is 56.7 Å². The van der Waals surface area contributed by atoms with Crippen molar-refractivity contribution in [3.8, 4) is 11.5 Å². The molecule has 6 N–H and O–H groups in total. The number of thiazole rings is 1. The molecule has 0 fully saturated rings. The van der Waals surface area contributed by atoms with Gasteiger partial charge in [-0.3, -0.25) is 4.79 Å². The van der Waals surface area contributed by atoms with Crippen molar-refractivity contribution in [2.75, 3.05) is 13.1 Å². The second-order valence-corrected chi connectivity index (χ2v) is 9.87. The topological polar surface area (TPSA) is 111 Å². The third kappa shape index (κ3) is 5.34. The van der Waals surface area contributed by atoms with Crippen molar-refractivity contribution in [1.29, 1.82) is 0 Å². The Bertz CT molecular complexity index is 1110. The SMILES string of the molecule is NC1CCc2c(ccc(O)c2O)C1CCCCCCNCCc1ccc2sc(=O)[nH]c2c1. The Morgan fingerprint density at radius 1 is 1.09 bits per heavy atom. The van der Waals surface area contributed by atoms with E-state index in [1.54, 1.807) is 6.07 Å². The lowest BCUT2D eigenvalue weighted by Crippen LogP contribution is -2.33. The molecule has 0 saturated carbocycles. The van der Waals surface area contributed by atoms with E-state index in [2.05, 4.69) is 22.4 Å². The smallest absolute Gasteiger partial charge is 0.305 e. The van der Waals surface area contributed by atoms with Gasteiger partial charge in [-0.05, 0) is 80.4 Å². The third-order valence-corrected chi connectivity index (χ3v) is 7.50. The summed E-state index contributed by atoms with van der Waals surface area (Å²) in [7, 11) is 0. The first kappa shape index (κ1) is 22.8. The molecule has 7 heteroatoms. The van der Waals surface area contributed by atoms with Crippen molar-refractivity contribution < 1.29 is 10.2 Å². The maximum absolute atomic E-state index is 11.4. The van der Waals surface area contributed by atoms with Crippen LogP contribution in [0.4, 0.5) is 0 Å². The van der Waals surface area contributed by atoms with Crippen LogP contribution in [0, 0.1) is 0 Å². The number of aromatic nitrogens is 1. The molecule has 2 unspecified atom stereocenters. The van der Waals surface area contributed by atoms with Crippen molar-refractivity contribution in [1.82, 2.24) is 10.3 Å². The molecule has 4 rings (SSSR count). The summed E-state index contributed by atoms with van der Waals surface area (Å²) in [6.45, 7) is 1.94. The Labute approximate surface area is 192 Å². The van der Waals surface area contributed by atoms with Gasteiger partial charge < -0.3 is 26.2 Å². The van der Waals surface area contributed by atoms with Crippen LogP contribution < -0.4 is 15.9 Å². The van der Waals surface area contributed by atoms with Gasteiger partial charge in [0.25, 0.3) is 0 Å². The van der Waals surface area contributed by atoms with Crippen molar-refractivity contribution in [2.24, 2.45) is 5.73 Å². The zero-order valence-corrected chi connectivity index (χ0v) is 19.2. The lowest BCUT2D eigenvalue weighted by atomic mass is 9.76. The monoisotopic (exact) mass is 455 g/mol. The summed E-state index contributed by atoms with van der Waals surface area (Å²) in [5.74, 6) is 0.264. The van der Waals surface area contributed by atoms with E-state index in [0.29, 0.717) is 0 Å². The van der Waals surface area contributed by atoms with Crippen LogP contribution in [-0.2, 0) is 12.8 Å². The van der Waals surface area contributed by atoms with Crippen LogP contribution in [-0.4, -0.2) is 34.3 Å². The summed E-state index contributed by atoms with van der Waals surface area (Å²) in [5.41, 5.74) is 10.6. The van der Waals surface area contributed by atoms with Gasteiger partial charge >= 0.3 is 4.87 Å². The summed E-state index contributed by atoms with van der Waals surface area (Å²) in [6, 6.07) is 9.84. The minimum Gasteiger partial charge on any atom is -0.504 e. The van der Waals surface area contributed by atoms with Gasteiger partial charge in [0.1, 0.15) is 0 Å². The van der Waals surface area contributed by atoms with E-state index < -0.39 is 0 Å². The number of H-pyrrole nitrogens is 1. The first-order valence-electron chi connectivity index (χ1n) is 11.6. The molecule has 3 aromatic rings. The number of hydrogen-bond acceptors (Lipinski definition) is 6. The summed E-state index contributed by atoms with van der Waals surface area (Å²) in [6.07, 6.45) is 8.20. The minimum atomic E-state index is -0.0348. The molecule has 0 bridgehead atoms. The Hall–Kier alpha value is -2.35. The highest BCUT2D eigenvalue weighted by atomic mass is 32.1. The summed E-state index contributed by atoms with van der Waals surface area (Å²) < 4.78 is 1.01. The minimum absolute atomic E-state index is 0.00222. The van der Waals surface area contributed by atoms with Crippen molar-refractivity contribution in [2.45, 2.75) is 63.3 Å². The molecule has 32 heavy (non-hydrogen) atoms. The quantitative estimate of drug-likeness (QED) is 0.233. The van der Waals surface area contributed by atoms with Crippen LogP contribution in [0.25, 0.3) is 10.2 Å². The highest BCUT2D eigenvalue weighted by Gasteiger charge is 2.29. The van der Waals surface area contributed by atoms with Gasteiger partial charge in [0.15, 0.2) is 11.5 Å². The number of unbranched alkanes of at least 4 members (excludes halogenated alkanes) is 3. The first-order valence-corrected chi connectivity index (χ1v) is 12.5. The zero-order valence-electron chi connectivity index (χ0n) is 18.4. The highest BCUT2D eigenvalue weighted by Crippen LogP contribution is 2.42. The molecule has 0 saturated heterocycles. The molecule has 2 aromatic carbocycles. The molecule has 0 spiro atoms. The first-order chi connectivity index (χ1) is 15.5. The van der Waals surface area contributed by atoms with Gasteiger partial charge in [-0.25, -0.2) is 0 Å². The molecule has 0 aliphatic heterocycles. The molecule has 1 heterocycles. The molecule has 2 atom stereocenters. The van der Waals surface area contributed by atoms with Gasteiger partial charge in [-0.2, -0.15) is 0 Å². The molecule has 1 aliphatic carbocycles. The summed E-state index contributed by atoms with van der Waals surface area (Å²) in [4.78, 5) is 14.3. The lowest BCUT2D eigenvalue weighted by molar-refractivity contribution is 0.380. The number of rotatable bonds is 10. The molecule has 172 valence electrons. The van der Waals surface area contributed by atoms with Crippen LogP contribution in [0.5, 0.6) is 11.5 Å². The van der Waals surface area contributed by atoms with Gasteiger partial charge in [-0.1, -0.05) is 42.7 Å². The number of benzene rings is 2. The lowest BCUT2D eigenvalue weighted by Gasteiger charge is -2.32. The van der Waals surface area contributed by atoms with Crippen molar-refractivity contribution in [3.63, 3.8) is 0 Å². The van der Waals surface area contributed by atoms with E-state index in [4.69, 9.17) is 5.73 Å². The predicted octanol–water partition coefficient (Wildman–Crippen LogP) is 4.14. The van der Waals surface area contributed by atoms with E-state index in [0.717, 1.165) is 73.0 Å². The molecule has 0 amide bonds. The standard InChI is InChI=1S/C25H33N3O3S/c26-20-9-7-19-17(8-10-22(29)24(19)30)18(20)5-3-1-2-4-13-27-14-12-16-6-11-23-21(15-16)28-25(31)32-23/h6,8,10-11,15,18,20,27,29-30H,1-5,7,9,12-14,26H2,(H,28,31). The summed E-state index contributed by atoms with van der Waals surface area (Å²) >= 11 is 1.25. The third-order valence-electron chi connectivity index (χ3n) is 6.63. The van der Waals surface area contributed by atoms with E-state index >= 15 is 0 Å². The van der Waals surface area contributed by atoms with E-state index in [1.165, 1.54) is 29.7 Å². The molecule has 1 aromatic heterocycles. The Morgan fingerprint density at radius 2 is 1.94 bits per heavy atom. The average molecular weight is 456 g/mol. The number of nitrogens with one attached hydrogen (secondary N) is 2. The largest absolute Gasteiger partial charge is 0.504 e. The fourth-order valence-corrected chi connectivity index (χ4v) is 5.56. The number of aromatic hydroxyl groups is 2. The zero-order chi connectivity index (χ0) is 22.5. The molecule has 6 nitrogen and oxygen atoms in total.